The highest BCUT2D eigenvalue weighted by Gasteiger charge is 2.41. The Balaban J connectivity index is 1.50. The number of carboxylic acids is 1. The molecule has 10 nitrogen and oxygen atoms in total. The number of morpholine rings is 1. The number of ether oxygens (including phenoxy) is 1. The van der Waals surface area contributed by atoms with Crippen LogP contribution in [0.1, 0.15) is 40.2 Å². The zero-order valence-corrected chi connectivity index (χ0v) is 24.7. The standard InChI is InChI=1S/C29H29ClF2N4O6S/c1-17-14-21(32)6-7-23(17)34-26-22(28(37)35-10-8-19(9-11-35)18-2-4-20(31)5-3-18)15-33-27(25(26)30)43(40,41)36-12-13-42-16-24(36)29(38)39/h2-7,14-15,19,24H,8-13,16H2,1H3,(H,33,34)(H,38,39). The second-order valence-electron chi connectivity index (χ2n) is 10.4. The molecule has 2 saturated heterocycles. The Hall–Kier alpha value is -3.65. The van der Waals surface area contributed by atoms with Crippen LogP contribution in [-0.2, 0) is 19.6 Å². The van der Waals surface area contributed by atoms with Gasteiger partial charge in [-0.25, -0.2) is 22.2 Å². The first-order valence-corrected chi connectivity index (χ1v) is 15.4. The average Bonchev–Trinajstić information content (AvgIpc) is 2.99. The third kappa shape index (κ3) is 6.35. The fourth-order valence-electron chi connectivity index (χ4n) is 5.34. The molecule has 3 heterocycles. The first-order valence-electron chi connectivity index (χ1n) is 13.6. The van der Waals surface area contributed by atoms with Crippen LogP contribution in [-0.4, -0.2) is 78.5 Å². The van der Waals surface area contributed by atoms with Gasteiger partial charge in [0, 0.05) is 31.5 Å². The van der Waals surface area contributed by atoms with Crippen molar-refractivity contribution in [2.45, 2.75) is 36.8 Å². The molecule has 14 heteroatoms. The molecule has 2 aliphatic rings. The summed E-state index contributed by atoms with van der Waals surface area (Å²) < 4.78 is 60.5. The molecule has 2 aromatic carbocycles. The van der Waals surface area contributed by atoms with Crippen molar-refractivity contribution in [2.75, 3.05) is 38.2 Å². The Morgan fingerprint density at radius 3 is 2.40 bits per heavy atom. The van der Waals surface area contributed by atoms with E-state index in [9.17, 15) is 31.9 Å². The lowest BCUT2D eigenvalue weighted by atomic mass is 9.89. The quantitative estimate of drug-likeness (QED) is 0.387. The van der Waals surface area contributed by atoms with Crippen molar-refractivity contribution in [2.24, 2.45) is 0 Å². The van der Waals surface area contributed by atoms with Crippen LogP contribution < -0.4 is 5.32 Å². The molecular weight excluding hydrogens is 606 g/mol. The number of carbonyl (C=O) groups is 2. The van der Waals surface area contributed by atoms with Crippen LogP contribution in [0.25, 0.3) is 0 Å². The third-order valence-corrected chi connectivity index (χ3v) is 10.0. The Morgan fingerprint density at radius 1 is 1.07 bits per heavy atom. The van der Waals surface area contributed by atoms with Gasteiger partial charge >= 0.3 is 5.97 Å². The number of halogens is 3. The van der Waals surface area contributed by atoms with Crippen molar-refractivity contribution in [1.29, 1.82) is 0 Å². The molecule has 0 radical (unpaired) electrons. The highest BCUT2D eigenvalue weighted by molar-refractivity contribution is 7.89. The number of rotatable bonds is 7. The van der Waals surface area contributed by atoms with Gasteiger partial charge in [0.25, 0.3) is 15.9 Å². The summed E-state index contributed by atoms with van der Waals surface area (Å²) >= 11 is 6.69. The number of aliphatic carboxylic acids is 1. The first kappa shape index (κ1) is 30.8. The number of sulfonamides is 1. The molecule has 1 unspecified atom stereocenters. The minimum atomic E-state index is -4.55. The van der Waals surface area contributed by atoms with E-state index in [0.29, 0.717) is 37.2 Å². The number of piperidine rings is 1. The third-order valence-electron chi connectivity index (χ3n) is 7.71. The molecule has 0 aliphatic carbocycles. The topological polar surface area (TPSA) is 129 Å². The van der Waals surface area contributed by atoms with Crippen LogP contribution in [0, 0.1) is 18.6 Å². The van der Waals surface area contributed by atoms with Crippen molar-refractivity contribution in [3.05, 3.63) is 82.0 Å². The molecule has 0 saturated carbocycles. The summed E-state index contributed by atoms with van der Waals surface area (Å²) in [4.78, 5) is 31.3. The summed E-state index contributed by atoms with van der Waals surface area (Å²) in [5.74, 6) is -2.52. The van der Waals surface area contributed by atoms with Gasteiger partial charge in [-0.15, -0.1) is 0 Å². The van der Waals surface area contributed by atoms with E-state index in [1.54, 1.807) is 24.0 Å². The van der Waals surface area contributed by atoms with E-state index in [1.165, 1.54) is 30.3 Å². The minimum absolute atomic E-state index is 0.00957. The Labute approximate surface area is 252 Å². The van der Waals surface area contributed by atoms with Gasteiger partial charge in [0.05, 0.1) is 24.5 Å². The second-order valence-corrected chi connectivity index (χ2v) is 12.6. The Morgan fingerprint density at radius 2 is 1.74 bits per heavy atom. The fraction of sp³-hybridized carbons (Fsp3) is 0.345. The molecule has 228 valence electrons. The molecule has 0 spiro atoms. The zero-order valence-electron chi connectivity index (χ0n) is 23.1. The number of hydrogen-bond donors (Lipinski definition) is 2. The van der Waals surface area contributed by atoms with Gasteiger partial charge in [0.1, 0.15) is 22.7 Å². The summed E-state index contributed by atoms with van der Waals surface area (Å²) in [5, 5.41) is 11.6. The lowest BCUT2D eigenvalue weighted by Crippen LogP contribution is -2.52. The van der Waals surface area contributed by atoms with Crippen molar-refractivity contribution in [3.8, 4) is 0 Å². The number of nitrogens with one attached hydrogen (secondary N) is 1. The van der Waals surface area contributed by atoms with E-state index in [-0.39, 0.29) is 42.7 Å². The van der Waals surface area contributed by atoms with Crippen LogP contribution in [0.4, 0.5) is 20.2 Å². The molecule has 5 rings (SSSR count). The average molecular weight is 635 g/mol. The summed E-state index contributed by atoms with van der Waals surface area (Å²) in [5.41, 5.74) is 1.75. The van der Waals surface area contributed by atoms with E-state index in [4.69, 9.17) is 16.3 Å². The summed E-state index contributed by atoms with van der Waals surface area (Å²) in [6.45, 7) is 1.77. The van der Waals surface area contributed by atoms with Crippen molar-refractivity contribution >= 4 is 44.9 Å². The maximum absolute atomic E-state index is 13.8. The van der Waals surface area contributed by atoms with Crippen LogP contribution >= 0.6 is 11.6 Å². The smallest absolute Gasteiger partial charge is 0.324 e. The number of carbonyl (C=O) groups excluding carboxylic acids is 1. The van der Waals surface area contributed by atoms with Gasteiger partial charge in [-0.1, -0.05) is 23.7 Å². The number of pyridine rings is 1. The van der Waals surface area contributed by atoms with Crippen LogP contribution in [0.2, 0.25) is 5.02 Å². The molecular formula is C29H29ClF2N4O6S. The van der Waals surface area contributed by atoms with Crippen LogP contribution in [0.15, 0.2) is 53.7 Å². The number of aromatic nitrogens is 1. The first-order chi connectivity index (χ1) is 20.5. The van der Waals surface area contributed by atoms with E-state index >= 15 is 0 Å². The van der Waals surface area contributed by atoms with Crippen LogP contribution in [0.5, 0.6) is 0 Å². The largest absolute Gasteiger partial charge is 0.480 e. The molecule has 2 fully saturated rings. The number of hydrogen-bond acceptors (Lipinski definition) is 7. The lowest BCUT2D eigenvalue weighted by molar-refractivity contribution is -0.146. The molecule has 2 aliphatic heterocycles. The number of benzene rings is 2. The molecule has 1 aromatic heterocycles. The molecule has 3 aromatic rings. The molecule has 0 bridgehead atoms. The van der Waals surface area contributed by atoms with E-state index in [0.717, 1.165) is 16.1 Å². The SMILES string of the molecule is Cc1cc(F)ccc1Nc1c(C(=O)N2CCC(c3ccc(F)cc3)CC2)cnc(S(=O)(=O)N2CCOCC2C(=O)O)c1Cl. The maximum Gasteiger partial charge on any atom is 0.324 e. The number of aryl methyl sites for hydroxylation is 1. The molecule has 1 atom stereocenters. The summed E-state index contributed by atoms with van der Waals surface area (Å²) in [6.07, 6.45) is 2.35. The van der Waals surface area contributed by atoms with Gasteiger partial charge in [-0.2, -0.15) is 4.31 Å². The highest BCUT2D eigenvalue weighted by atomic mass is 35.5. The zero-order chi connectivity index (χ0) is 30.9. The van der Waals surface area contributed by atoms with E-state index in [1.807, 2.05) is 0 Å². The van der Waals surface area contributed by atoms with Gasteiger partial charge in [0.15, 0.2) is 5.03 Å². The number of nitrogens with zero attached hydrogens (tertiary/aromatic N) is 3. The Bertz CT molecular complexity index is 1650. The number of anilines is 2. The summed E-state index contributed by atoms with van der Waals surface area (Å²) in [7, 11) is -4.55. The normalized spacial score (nSPS) is 18.4. The number of amides is 1. The lowest BCUT2D eigenvalue weighted by Gasteiger charge is -2.33. The second kappa shape index (κ2) is 12.5. The van der Waals surface area contributed by atoms with Gasteiger partial charge in [0.2, 0.25) is 0 Å². The van der Waals surface area contributed by atoms with E-state index in [2.05, 4.69) is 10.3 Å². The van der Waals surface area contributed by atoms with Crippen molar-refractivity contribution in [3.63, 3.8) is 0 Å². The summed E-state index contributed by atoms with van der Waals surface area (Å²) in [6, 6.07) is 8.68. The molecule has 1 amide bonds. The maximum atomic E-state index is 13.8. The Kier molecular flexibility index (Phi) is 8.97. The van der Waals surface area contributed by atoms with Crippen molar-refractivity contribution in [1.82, 2.24) is 14.2 Å². The van der Waals surface area contributed by atoms with Gasteiger partial charge in [-0.3, -0.25) is 9.59 Å². The van der Waals surface area contributed by atoms with Crippen molar-refractivity contribution < 1.29 is 36.6 Å². The van der Waals surface area contributed by atoms with Gasteiger partial charge in [-0.05, 0) is 67.1 Å². The van der Waals surface area contributed by atoms with Crippen LogP contribution in [0.3, 0.4) is 0 Å². The minimum Gasteiger partial charge on any atom is -0.480 e. The van der Waals surface area contributed by atoms with Gasteiger partial charge < -0.3 is 20.1 Å². The monoisotopic (exact) mass is 634 g/mol. The molecule has 2 N–H and O–H groups in total. The number of likely N-dealkylation sites (tertiary alicyclic amines) is 1. The predicted octanol–water partition coefficient (Wildman–Crippen LogP) is 4.56. The molecule has 43 heavy (non-hydrogen) atoms. The fourth-order valence-corrected chi connectivity index (χ4v) is 7.37. The highest BCUT2D eigenvalue weighted by Crippen LogP contribution is 2.38. The van der Waals surface area contributed by atoms with E-state index < -0.39 is 43.8 Å². The number of carboxylic acid groups (broad SMARTS) is 1. The predicted molar refractivity (Wildman–Crippen MR) is 154 cm³/mol.